The van der Waals surface area contributed by atoms with Crippen LogP contribution in [0.2, 0.25) is 0 Å². The summed E-state index contributed by atoms with van der Waals surface area (Å²) in [5.74, 6) is 0.908. The first-order chi connectivity index (χ1) is 10.2. The molecule has 1 heterocycles. The molecule has 118 valence electrons. The van der Waals surface area contributed by atoms with Crippen LogP contribution in [0, 0.1) is 6.92 Å². The van der Waals surface area contributed by atoms with Gasteiger partial charge in [-0.3, -0.25) is 0 Å². The van der Waals surface area contributed by atoms with Gasteiger partial charge >= 0.3 is 0 Å². The Kier molecular flexibility index (Phi) is 5.62. The topological polar surface area (TPSA) is 39.7 Å². The zero-order chi connectivity index (χ0) is 15.3. The number of methoxy groups -OCH3 is 1. The normalized spacial score (nSPS) is 19.2. The second-order valence-electron chi connectivity index (χ2n) is 5.58. The summed E-state index contributed by atoms with van der Waals surface area (Å²) in [5, 5.41) is 3.46. The summed E-state index contributed by atoms with van der Waals surface area (Å²) >= 11 is 0. The van der Waals surface area contributed by atoms with Crippen LogP contribution in [0.25, 0.3) is 0 Å². The van der Waals surface area contributed by atoms with E-state index >= 15 is 0 Å². The molecule has 1 fully saturated rings. The minimum Gasteiger partial charge on any atom is -0.496 e. The first-order valence-corrected chi connectivity index (χ1v) is 7.70. The molecule has 0 radical (unpaired) electrons. The van der Waals surface area contributed by atoms with Gasteiger partial charge in [-0.25, -0.2) is 0 Å². The Bertz CT molecular complexity index is 450. The van der Waals surface area contributed by atoms with Crippen molar-refractivity contribution in [3.8, 4) is 5.75 Å². The molecule has 1 N–H and O–H groups in total. The van der Waals surface area contributed by atoms with Crippen molar-refractivity contribution in [3.63, 3.8) is 0 Å². The molecule has 1 aromatic carbocycles. The van der Waals surface area contributed by atoms with E-state index in [1.165, 1.54) is 5.56 Å². The highest BCUT2D eigenvalue weighted by molar-refractivity contribution is 5.40. The zero-order valence-corrected chi connectivity index (χ0v) is 13.6. The summed E-state index contributed by atoms with van der Waals surface area (Å²) in [6.07, 6.45) is 1.78. The average molecular weight is 293 g/mol. The first-order valence-electron chi connectivity index (χ1n) is 7.70. The molecule has 0 saturated carbocycles. The van der Waals surface area contributed by atoms with Crippen molar-refractivity contribution in [2.75, 3.05) is 34.0 Å². The van der Waals surface area contributed by atoms with Gasteiger partial charge in [0, 0.05) is 38.2 Å². The van der Waals surface area contributed by atoms with E-state index < -0.39 is 0 Å². The fourth-order valence-corrected chi connectivity index (χ4v) is 3.30. The molecule has 4 nitrogen and oxygen atoms in total. The van der Waals surface area contributed by atoms with Gasteiger partial charge in [0.1, 0.15) is 5.75 Å². The lowest BCUT2D eigenvalue weighted by atomic mass is 9.81. The molecule has 0 aromatic heterocycles. The molecule has 2 rings (SSSR count). The molecular formula is C17H27NO3. The number of nitrogens with one attached hydrogen (secondary N) is 1. The number of hydrogen-bond acceptors (Lipinski definition) is 4. The number of ether oxygens (including phenoxy) is 3. The molecule has 1 unspecified atom stereocenters. The van der Waals surface area contributed by atoms with E-state index in [0.29, 0.717) is 6.61 Å². The van der Waals surface area contributed by atoms with E-state index in [9.17, 15) is 0 Å². The van der Waals surface area contributed by atoms with Crippen molar-refractivity contribution in [1.29, 1.82) is 0 Å². The number of likely N-dealkylation sites (N-methyl/N-ethyl adjacent to an activating group) is 1. The summed E-state index contributed by atoms with van der Waals surface area (Å²) < 4.78 is 17.3. The standard InChI is InChI=1S/C17H27NO3/c1-5-21-17(8-10-20-11-9-17)16(18-3)14-12-13(2)6-7-15(14)19-4/h6-7,12,16,18H,5,8-11H2,1-4H3. The van der Waals surface area contributed by atoms with Gasteiger partial charge in [-0.2, -0.15) is 0 Å². The van der Waals surface area contributed by atoms with E-state index in [1.54, 1.807) is 7.11 Å². The highest BCUT2D eigenvalue weighted by atomic mass is 16.5. The lowest BCUT2D eigenvalue weighted by molar-refractivity contribution is -0.127. The molecule has 1 aliphatic rings. The third-order valence-electron chi connectivity index (χ3n) is 4.28. The van der Waals surface area contributed by atoms with E-state index in [0.717, 1.165) is 37.4 Å². The van der Waals surface area contributed by atoms with Crippen molar-refractivity contribution < 1.29 is 14.2 Å². The summed E-state index contributed by atoms with van der Waals surface area (Å²) in [4.78, 5) is 0. The largest absolute Gasteiger partial charge is 0.496 e. The van der Waals surface area contributed by atoms with Crippen molar-refractivity contribution in [2.24, 2.45) is 0 Å². The molecule has 4 heteroatoms. The first kappa shape index (κ1) is 16.3. The van der Waals surface area contributed by atoms with Crippen molar-refractivity contribution in [3.05, 3.63) is 29.3 Å². The van der Waals surface area contributed by atoms with Crippen LogP contribution in [0.1, 0.15) is 36.9 Å². The Morgan fingerprint density at radius 3 is 2.62 bits per heavy atom. The van der Waals surface area contributed by atoms with Gasteiger partial charge in [-0.1, -0.05) is 17.7 Å². The van der Waals surface area contributed by atoms with E-state index in [1.807, 2.05) is 13.1 Å². The highest BCUT2D eigenvalue weighted by Gasteiger charge is 2.42. The summed E-state index contributed by atoms with van der Waals surface area (Å²) in [5.41, 5.74) is 2.16. The lowest BCUT2D eigenvalue weighted by Crippen LogP contribution is -2.49. The second kappa shape index (κ2) is 7.25. The number of rotatable bonds is 6. The van der Waals surface area contributed by atoms with Gasteiger partial charge in [-0.15, -0.1) is 0 Å². The quantitative estimate of drug-likeness (QED) is 0.875. The van der Waals surface area contributed by atoms with Crippen LogP contribution in [0.15, 0.2) is 18.2 Å². The third kappa shape index (κ3) is 3.39. The highest BCUT2D eigenvalue weighted by Crippen LogP contribution is 2.41. The Balaban J connectivity index is 2.42. The minimum atomic E-state index is -0.233. The van der Waals surface area contributed by atoms with E-state index in [-0.39, 0.29) is 11.6 Å². The van der Waals surface area contributed by atoms with Crippen molar-refractivity contribution >= 4 is 0 Å². The minimum absolute atomic E-state index is 0.0937. The predicted molar refractivity (Wildman–Crippen MR) is 83.9 cm³/mol. The molecule has 1 aliphatic heterocycles. The summed E-state index contributed by atoms with van der Waals surface area (Å²) in [7, 11) is 3.71. The average Bonchev–Trinajstić information content (AvgIpc) is 2.49. The fraction of sp³-hybridized carbons (Fsp3) is 0.647. The van der Waals surface area contributed by atoms with Crippen molar-refractivity contribution in [2.45, 2.75) is 38.3 Å². The number of hydrogen-bond donors (Lipinski definition) is 1. The number of aryl methyl sites for hydroxylation is 1. The maximum atomic E-state index is 6.22. The maximum Gasteiger partial charge on any atom is 0.123 e. The molecule has 0 bridgehead atoms. The third-order valence-corrected chi connectivity index (χ3v) is 4.28. The van der Waals surface area contributed by atoms with Gasteiger partial charge in [0.2, 0.25) is 0 Å². The molecule has 1 aromatic rings. The Hall–Kier alpha value is -1.10. The van der Waals surface area contributed by atoms with Gasteiger partial charge in [0.05, 0.1) is 18.8 Å². The maximum absolute atomic E-state index is 6.22. The molecular weight excluding hydrogens is 266 g/mol. The van der Waals surface area contributed by atoms with Crippen LogP contribution in [-0.4, -0.2) is 39.6 Å². The smallest absolute Gasteiger partial charge is 0.123 e. The predicted octanol–water partition coefficient (Wildman–Crippen LogP) is 2.85. The van der Waals surface area contributed by atoms with E-state index in [2.05, 4.69) is 31.3 Å². The lowest BCUT2D eigenvalue weighted by Gasteiger charge is -2.43. The molecule has 0 aliphatic carbocycles. The molecule has 1 atom stereocenters. The second-order valence-corrected chi connectivity index (χ2v) is 5.58. The molecule has 21 heavy (non-hydrogen) atoms. The van der Waals surface area contributed by atoms with Crippen LogP contribution in [0.4, 0.5) is 0 Å². The summed E-state index contributed by atoms with van der Waals surface area (Å²) in [6, 6.07) is 6.40. The Morgan fingerprint density at radius 2 is 2.05 bits per heavy atom. The van der Waals surface area contributed by atoms with Crippen LogP contribution in [-0.2, 0) is 9.47 Å². The van der Waals surface area contributed by atoms with Gasteiger partial charge in [0.15, 0.2) is 0 Å². The van der Waals surface area contributed by atoms with Crippen LogP contribution in [0.5, 0.6) is 5.75 Å². The number of benzene rings is 1. The van der Waals surface area contributed by atoms with Crippen LogP contribution < -0.4 is 10.1 Å². The fourth-order valence-electron chi connectivity index (χ4n) is 3.30. The van der Waals surface area contributed by atoms with Gasteiger partial charge in [-0.05, 0) is 27.0 Å². The van der Waals surface area contributed by atoms with Crippen molar-refractivity contribution in [1.82, 2.24) is 5.32 Å². The monoisotopic (exact) mass is 293 g/mol. The van der Waals surface area contributed by atoms with Crippen LogP contribution >= 0.6 is 0 Å². The van der Waals surface area contributed by atoms with Gasteiger partial charge in [0.25, 0.3) is 0 Å². The Labute approximate surface area is 127 Å². The van der Waals surface area contributed by atoms with E-state index in [4.69, 9.17) is 14.2 Å². The van der Waals surface area contributed by atoms with Gasteiger partial charge < -0.3 is 19.5 Å². The Morgan fingerprint density at radius 1 is 1.33 bits per heavy atom. The summed E-state index contributed by atoms with van der Waals surface area (Å²) in [6.45, 7) is 6.34. The molecule has 1 saturated heterocycles. The zero-order valence-electron chi connectivity index (χ0n) is 13.6. The molecule has 0 amide bonds. The molecule has 0 spiro atoms. The SMILES string of the molecule is CCOC1(C(NC)c2cc(C)ccc2OC)CCOCC1. The van der Waals surface area contributed by atoms with Crippen LogP contribution in [0.3, 0.4) is 0 Å².